The SMILES string of the molecule is Cc1cc(Cl)ccc1OCc1cc(=O)n2c3c(sc2n1)CCCC3. The van der Waals surface area contributed by atoms with E-state index in [1.807, 2.05) is 19.1 Å². The van der Waals surface area contributed by atoms with Crippen LogP contribution in [0.2, 0.25) is 5.02 Å². The zero-order chi connectivity index (χ0) is 16.7. The van der Waals surface area contributed by atoms with Crippen LogP contribution in [0.15, 0.2) is 29.1 Å². The predicted molar refractivity (Wildman–Crippen MR) is 96.5 cm³/mol. The molecule has 4 rings (SSSR count). The largest absolute Gasteiger partial charge is 0.487 e. The molecular formula is C18H17ClN2O2S. The molecule has 0 saturated heterocycles. The van der Waals surface area contributed by atoms with Gasteiger partial charge in [0.05, 0.1) is 5.69 Å². The molecule has 0 spiro atoms. The molecule has 1 aliphatic carbocycles. The molecule has 1 aromatic carbocycles. The fourth-order valence-electron chi connectivity index (χ4n) is 3.14. The van der Waals surface area contributed by atoms with E-state index in [4.69, 9.17) is 16.3 Å². The maximum absolute atomic E-state index is 12.5. The van der Waals surface area contributed by atoms with Gasteiger partial charge in [-0.25, -0.2) is 4.98 Å². The average Bonchev–Trinajstić information content (AvgIpc) is 2.92. The van der Waals surface area contributed by atoms with Crippen molar-refractivity contribution in [1.29, 1.82) is 0 Å². The quantitative estimate of drug-likeness (QED) is 0.703. The van der Waals surface area contributed by atoms with E-state index in [2.05, 4.69) is 4.98 Å². The van der Waals surface area contributed by atoms with Crippen molar-refractivity contribution in [1.82, 2.24) is 9.38 Å². The first-order chi connectivity index (χ1) is 11.6. The highest BCUT2D eigenvalue weighted by molar-refractivity contribution is 7.17. The molecule has 2 aromatic heterocycles. The number of hydrogen-bond donors (Lipinski definition) is 0. The number of benzene rings is 1. The van der Waals surface area contributed by atoms with Crippen LogP contribution >= 0.6 is 22.9 Å². The van der Waals surface area contributed by atoms with Crippen LogP contribution in [-0.2, 0) is 19.4 Å². The highest BCUT2D eigenvalue weighted by Crippen LogP contribution is 2.28. The summed E-state index contributed by atoms with van der Waals surface area (Å²) in [4.78, 5) is 19.2. The van der Waals surface area contributed by atoms with Gasteiger partial charge < -0.3 is 4.74 Å². The molecule has 0 saturated carbocycles. The van der Waals surface area contributed by atoms with Crippen LogP contribution in [0.4, 0.5) is 0 Å². The summed E-state index contributed by atoms with van der Waals surface area (Å²) in [7, 11) is 0. The number of aromatic nitrogens is 2. The van der Waals surface area contributed by atoms with Gasteiger partial charge in [-0.15, -0.1) is 11.3 Å². The van der Waals surface area contributed by atoms with E-state index < -0.39 is 0 Å². The van der Waals surface area contributed by atoms with Crippen LogP contribution < -0.4 is 10.3 Å². The highest BCUT2D eigenvalue weighted by Gasteiger charge is 2.18. The summed E-state index contributed by atoms with van der Waals surface area (Å²) in [5.41, 5.74) is 2.77. The number of halogens is 1. The third-order valence-electron chi connectivity index (χ3n) is 4.33. The zero-order valence-corrected chi connectivity index (χ0v) is 14.9. The smallest absolute Gasteiger partial charge is 0.259 e. The lowest BCUT2D eigenvalue weighted by Crippen LogP contribution is -2.18. The van der Waals surface area contributed by atoms with Gasteiger partial charge in [0, 0.05) is 21.7 Å². The van der Waals surface area contributed by atoms with Crippen molar-refractivity contribution in [2.75, 3.05) is 0 Å². The molecule has 0 N–H and O–H groups in total. The third-order valence-corrected chi connectivity index (χ3v) is 5.70. The van der Waals surface area contributed by atoms with E-state index in [1.165, 1.54) is 11.3 Å². The Kier molecular flexibility index (Phi) is 4.06. The van der Waals surface area contributed by atoms with Crippen molar-refractivity contribution in [3.8, 4) is 5.75 Å². The van der Waals surface area contributed by atoms with Crippen molar-refractivity contribution < 1.29 is 4.74 Å². The third kappa shape index (κ3) is 2.82. The van der Waals surface area contributed by atoms with Gasteiger partial charge in [0.15, 0.2) is 4.96 Å². The summed E-state index contributed by atoms with van der Waals surface area (Å²) in [6.07, 6.45) is 4.36. The first-order valence-electron chi connectivity index (χ1n) is 8.04. The molecule has 0 fully saturated rings. The van der Waals surface area contributed by atoms with Gasteiger partial charge in [-0.3, -0.25) is 9.20 Å². The van der Waals surface area contributed by atoms with Crippen molar-refractivity contribution >= 4 is 27.9 Å². The molecule has 0 atom stereocenters. The first kappa shape index (κ1) is 15.7. The van der Waals surface area contributed by atoms with E-state index in [-0.39, 0.29) is 12.2 Å². The topological polar surface area (TPSA) is 43.6 Å². The summed E-state index contributed by atoms with van der Waals surface area (Å²) in [6, 6.07) is 7.07. The molecule has 2 heterocycles. The Labute approximate surface area is 148 Å². The molecule has 0 radical (unpaired) electrons. The fraction of sp³-hybridized carbons (Fsp3) is 0.333. The van der Waals surface area contributed by atoms with Gasteiger partial charge in [0.1, 0.15) is 12.4 Å². The van der Waals surface area contributed by atoms with Gasteiger partial charge >= 0.3 is 0 Å². The van der Waals surface area contributed by atoms with Crippen LogP contribution in [0, 0.1) is 6.92 Å². The monoisotopic (exact) mass is 360 g/mol. The summed E-state index contributed by atoms with van der Waals surface area (Å²) >= 11 is 7.59. The molecule has 0 bridgehead atoms. The normalized spacial score (nSPS) is 13.9. The minimum absolute atomic E-state index is 0.00849. The maximum atomic E-state index is 12.5. The number of thiazole rings is 1. The molecule has 0 unspecified atom stereocenters. The van der Waals surface area contributed by atoms with Crippen molar-refractivity contribution in [3.05, 3.63) is 61.5 Å². The summed E-state index contributed by atoms with van der Waals surface area (Å²) in [5, 5.41) is 0.682. The maximum Gasteiger partial charge on any atom is 0.259 e. The number of rotatable bonds is 3. The highest BCUT2D eigenvalue weighted by atomic mass is 35.5. The van der Waals surface area contributed by atoms with E-state index >= 15 is 0 Å². The second-order valence-corrected chi connectivity index (χ2v) is 7.58. The van der Waals surface area contributed by atoms with Crippen LogP contribution in [0.3, 0.4) is 0 Å². The van der Waals surface area contributed by atoms with Crippen LogP contribution in [0.1, 0.15) is 34.7 Å². The second kappa shape index (κ2) is 6.22. The van der Waals surface area contributed by atoms with Crippen molar-refractivity contribution in [2.45, 2.75) is 39.2 Å². The number of ether oxygens (including phenoxy) is 1. The molecular weight excluding hydrogens is 344 g/mol. The Morgan fingerprint density at radius 2 is 2.12 bits per heavy atom. The molecule has 0 amide bonds. The van der Waals surface area contributed by atoms with Crippen molar-refractivity contribution in [3.63, 3.8) is 0 Å². The average molecular weight is 361 g/mol. The molecule has 0 aliphatic heterocycles. The molecule has 3 aromatic rings. The molecule has 4 nitrogen and oxygen atoms in total. The molecule has 124 valence electrons. The van der Waals surface area contributed by atoms with E-state index in [0.717, 1.165) is 41.2 Å². The number of fused-ring (bicyclic) bond motifs is 3. The van der Waals surface area contributed by atoms with Gasteiger partial charge in [-0.2, -0.15) is 0 Å². The fourth-order valence-corrected chi connectivity index (χ4v) is 4.60. The Balaban J connectivity index is 1.64. The minimum Gasteiger partial charge on any atom is -0.487 e. The molecule has 6 heteroatoms. The Morgan fingerprint density at radius 1 is 1.29 bits per heavy atom. The minimum atomic E-state index is -0.00849. The molecule has 24 heavy (non-hydrogen) atoms. The van der Waals surface area contributed by atoms with Gasteiger partial charge in [0.25, 0.3) is 5.56 Å². The number of aryl methyl sites for hydroxylation is 3. The first-order valence-corrected chi connectivity index (χ1v) is 9.23. The van der Waals surface area contributed by atoms with Crippen molar-refractivity contribution in [2.24, 2.45) is 0 Å². The second-order valence-electron chi connectivity index (χ2n) is 6.08. The summed E-state index contributed by atoms with van der Waals surface area (Å²) in [6.45, 7) is 2.22. The number of hydrogen-bond acceptors (Lipinski definition) is 4. The summed E-state index contributed by atoms with van der Waals surface area (Å²) in [5.74, 6) is 0.756. The van der Waals surface area contributed by atoms with Crippen LogP contribution in [0.5, 0.6) is 5.75 Å². The van der Waals surface area contributed by atoms with Gasteiger partial charge in [-0.1, -0.05) is 11.6 Å². The number of nitrogens with zero attached hydrogens (tertiary/aromatic N) is 2. The van der Waals surface area contributed by atoms with E-state index in [9.17, 15) is 4.79 Å². The predicted octanol–water partition coefficient (Wildman–Crippen LogP) is 4.18. The Hall–Kier alpha value is -1.85. The zero-order valence-electron chi connectivity index (χ0n) is 13.3. The lowest BCUT2D eigenvalue weighted by Gasteiger charge is -2.10. The Bertz CT molecular complexity index is 977. The van der Waals surface area contributed by atoms with E-state index in [0.29, 0.717) is 10.7 Å². The lowest BCUT2D eigenvalue weighted by molar-refractivity contribution is 0.299. The van der Waals surface area contributed by atoms with Gasteiger partial charge in [-0.05, 0) is 56.4 Å². The molecule has 1 aliphatic rings. The van der Waals surface area contributed by atoms with E-state index in [1.54, 1.807) is 27.9 Å². The Morgan fingerprint density at radius 3 is 2.96 bits per heavy atom. The van der Waals surface area contributed by atoms with Gasteiger partial charge in [0.2, 0.25) is 0 Å². The standard InChI is InChI=1S/C18H17ClN2O2S/c1-11-8-12(19)6-7-15(11)23-10-13-9-17(22)21-14-4-2-3-5-16(14)24-18(21)20-13/h6-9H,2-5,10H2,1H3. The lowest BCUT2D eigenvalue weighted by atomic mass is 10.0. The van der Waals surface area contributed by atoms with Crippen LogP contribution in [0.25, 0.3) is 4.96 Å². The van der Waals surface area contributed by atoms with Crippen LogP contribution in [-0.4, -0.2) is 9.38 Å². The summed E-state index contributed by atoms with van der Waals surface area (Å²) < 4.78 is 7.59.